The number of piperidine rings is 1. The monoisotopic (exact) mass is 459 g/mol. The molecule has 0 bridgehead atoms. The van der Waals surface area contributed by atoms with Gasteiger partial charge in [0, 0.05) is 36.3 Å². The van der Waals surface area contributed by atoms with E-state index in [2.05, 4.69) is 10.0 Å². The maximum atomic E-state index is 13.4. The Morgan fingerprint density at radius 3 is 2.25 bits per heavy atom. The van der Waals surface area contributed by atoms with Gasteiger partial charge in [0.1, 0.15) is 5.82 Å². The number of halogens is 1. The summed E-state index contributed by atoms with van der Waals surface area (Å²) < 4.78 is 41.0. The number of amides is 2. The summed E-state index contributed by atoms with van der Waals surface area (Å²) in [5.41, 5.74) is 0.994. The fourth-order valence-electron chi connectivity index (χ4n) is 3.75. The number of carbonyl (C=O) groups is 2. The van der Waals surface area contributed by atoms with Crippen LogP contribution in [0.5, 0.6) is 0 Å². The molecule has 1 saturated heterocycles. The van der Waals surface area contributed by atoms with Crippen LogP contribution in [0.2, 0.25) is 0 Å². The zero-order valence-electron chi connectivity index (χ0n) is 17.8. The molecule has 32 heavy (non-hydrogen) atoms. The van der Waals surface area contributed by atoms with Crippen molar-refractivity contribution in [1.82, 2.24) is 10.2 Å². The molecule has 170 valence electrons. The lowest BCUT2D eigenvalue weighted by Crippen LogP contribution is -2.43. The van der Waals surface area contributed by atoms with Crippen LogP contribution in [0, 0.1) is 18.7 Å². The van der Waals surface area contributed by atoms with Gasteiger partial charge in [0.2, 0.25) is 5.91 Å². The van der Waals surface area contributed by atoms with E-state index in [1.165, 1.54) is 31.2 Å². The second-order valence-electron chi connectivity index (χ2n) is 8.44. The van der Waals surface area contributed by atoms with Gasteiger partial charge in [-0.2, -0.15) is 0 Å². The predicted octanol–water partition coefficient (Wildman–Crippen LogP) is 3.07. The van der Waals surface area contributed by atoms with Crippen LogP contribution in [-0.4, -0.2) is 44.3 Å². The topological polar surface area (TPSA) is 95.6 Å². The largest absolute Gasteiger partial charge is 0.353 e. The summed E-state index contributed by atoms with van der Waals surface area (Å²) in [6, 6.07) is 10.1. The third-order valence-electron chi connectivity index (χ3n) is 5.90. The van der Waals surface area contributed by atoms with E-state index in [-0.39, 0.29) is 28.2 Å². The van der Waals surface area contributed by atoms with E-state index in [4.69, 9.17) is 0 Å². The van der Waals surface area contributed by atoms with E-state index in [9.17, 15) is 22.4 Å². The van der Waals surface area contributed by atoms with E-state index in [0.717, 1.165) is 18.9 Å². The van der Waals surface area contributed by atoms with Crippen LogP contribution in [0.15, 0.2) is 47.4 Å². The van der Waals surface area contributed by atoms with Crippen LogP contribution >= 0.6 is 0 Å². The summed E-state index contributed by atoms with van der Waals surface area (Å²) in [5, 5.41) is 3.02. The molecule has 2 fully saturated rings. The zero-order valence-corrected chi connectivity index (χ0v) is 18.6. The van der Waals surface area contributed by atoms with Gasteiger partial charge in [-0.05, 0) is 80.6 Å². The number of aryl methyl sites for hydroxylation is 1. The molecule has 0 radical (unpaired) electrons. The molecule has 0 spiro atoms. The van der Waals surface area contributed by atoms with Crippen LogP contribution in [0.25, 0.3) is 0 Å². The Morgan fingerprint density at radius 2 is 1.66 bits per heavy atom. The lowest BCUT2D eigenvalue weighted by molar-refractivity contribution is -0.126. The van der Waals surface area contributed by atoms with Gasteiger partial charge in [-0.1, -0.05) is 0 Å². The quantitative estimate of drug-likeness (QED) is 0.694. The van der Waals surface area contributed by atoms with Crippen molar-refractivity contribution in [2.24, 2.45) is 5.92 Å². The van der Waals surface area contributed by atoms with Gasteiger partial charge in [0.25, 0.3) is 15.9 Å². The minimum absolute atomic E-state index is 0.0369. The number of carbonyl (C=O) groups excluding carboxylic acids is 2. The van der Waals surface area contributed by atoms with Crippen molar-refractivity contribution in [3.8, 4) is 0 Å². The molecule has 2 aromatic carbocycles. The second kappa shape index (κ2) is 8.90. The first kappa shape index (κ1) is 22.3. The second-order valence-corrected chi connectivity index (χ2v) is 10.1. The smallest absolute Gasteiger partial charge is 0.261 e. The Kier molecular flexibility index (Phi) is 6.19. The highest BCUT2D eigenvalue weighted by Gasteiger charge is 2.31. The summed E-state index contributed by atoms with van der Waals surface area (Å²) in [6.45, 7) is 2.52. The molecule has 1 saturated carbocycles. The molecule has 1 aliphatic carbocycles. The molecular weight excluding hydrogens is 433 g/mol. The molecule has 7 nitrogen and oxygen atoms in total. The molecule has 1 heterocycles. The van der Waals surface area contributed by atoms with Crippen molar-refractivity contribution >= 4 is 27.5 Å². The molecule has 2 N–H and O–H groups in total. The Bertz CT molecular complexity index is 1120. The fraction of sp³-hybridized carbons (Fsp3) is 0.391. The van der Waals surface area contributed by atoms with Gasteiger partial charge in [-0.15, -0.1) is 0 Å². The van der Waals surface area contributed by atoms with E-state index in [1.54, 1.807) is 17.0 Å². The number of rotatable bonds is 6. The summed E-state index contributed by atoms with van der Waals surface area (Å²) >= 11 is 0. The number of nitrogens with zero attached hydrogens (tertiary/aromatic N) is 1. The average Bonchev–Trinajstić information content (AvgIpc) is 3.59. The van der Waals surface area contributed by atoms with Crippen molar-refractivity contribution in [2.75, 3.05) is 17.8 Å². The molecular formula is C23H26FN3O4S. The zero-order chi connectivity index (χ0) is 22.9. The van der Waals surface area contributed by atoms with Gasteiger partial charge in [0.15, 0.2) is 0 Å². The predicted molar refractivity (Wildman–Crippen MR) is 118 cm³/mol. The number of hydrogen-bond acceptors (Lipinski definition) is 4. The molecule has 0 unspecified atom stereocenters. The minimum atomic E-state index is -3.87. The number of nitrogens with one attached hydrogen (secondary N) is 2. The highest BCUT2D eigenvalue weighted by atomic mass is 32.2. The Hall–Kier alpha value is -2.94. The summed E-state index contributed by atoms with van der Waals surface area (Å²) in [4.78, 5) is 26.7. The van der Waals surface area contributed by atoms with Crippen molar-refractivity contribution in [3.63, 3.8) is 0 Å². The summed E-state index contributed by atoms with van der Waals surface area (Å²) in [5.74, 6) is -0.576. The van der Waals surface area contributed by atoms with Crippen LogP contribution in [0.4, 0.5) is 10.1 Å². The lowest BCUT2D eigenvalue weighted by Gasteiger charge is -2.31. The van der Waals surface area contributed by atoms with E-state index < -0.39 is 15.8 Å². The molecule has 0 aromatic heterocycles. The SMILES string of the molecule is Cc1cc(S(=O)(=O)Nc2ccc(C(=O)N3CCC(C(=O)NC4CC4)CC3)cc2)ccc1F. The van der Waals surface area contributed by atoms with Crippen molar-refractivity contribution < 1.29 is 22.4 Å². The van der Waals surface area contributed by atoms with E-state index in [1.807, 2.05) is 0 Å². The van der Waals surface area contributed by atoms with Gasteiger partial charge < -0.3 is 10.2 Å². The van der Waals surface area contributed by atoms with E-state index >= 15 is 0 Å². The molecule has 2 aliphatic rings. The molecule has 1 aliphatic heterocycles. The third-order valence-corrected chi connectivity index (χ3v) is 7.28. The van der Waals surface area contributed by atoms with Gasteiger partial charge >= 0.3 is 0 Å². The minimum Gasteiger partial charge on any atom is -0.353 e. The first-order chi connectivity index (χ1) is 15.2. The van der Waals surface area contributed by atoms with Crippen LogP contribution in [0.3, 0.4) is 0 Å². The molecule has 2 amide bonds. The normalized spacial score (nSPS) is 17.1. The van der Waals surface area contributed by atoms with Gasteiger partial charge in [-0.25, -0.2) is 12.8 Å². The average molecular weight is 460 g/mol. The number of likely N-dealkylation sites (tertiary alicyclic amines) is 1. The Balaban J connectivity index is 1.35. The number of benzene rings is 2. The number of anilines is 1. The first-order valence-corrected chi connectivity index (χ1v) is 12.2. The standard InChI is InChI=1S/C23H26FN3O4S/c1-15-14-20(8-9-21(15)24)32(30,31)26-19-4-2-17(3-5-19)23(29)27-12-10-16(11-13-27)22(28)25-18-6-7-18/h2-5,8-9,14,16,18,26H,6-7,10-13H2,1H3,(H,25,28). The number of sulfonamides is 1. The highest BCUT2D eigenvalue weighted by Crippen LogP contribution is 2.24. The van der Waals surface area contributed by atoms with Crippen LogP contribution < -0.4 is 10.0 Å². The maximum absolute atomic E-state index is 13.4. The lowest BCUT2D eigenvalue weighted by atomic mass is 9.95. The van der Waals surface area contributed by atoms with E-state index in [0.29, 0.717) is 43.2 Å². The molecule has 4 rings (SSSR count). The Morgan fingerprint density at radius 1 is 1.00 bits per heavy atom. The maximum Gasteiger partial charge on any atom is 0.261 e. The summed E-state index contributed by atoms with van der Waals surface area (Å²) in [6.07, 6.45) is 3.38. The number of hydrogen-bond donors (Lipinski definition) is 2. The van der Waals surface area contributed by atoms with Crippen molar-refractivity contribution in [2.45, 2.75) is 43.5 Å². The molecule has 0 atom stereocenters. The molecule has 2 aromatic rings. The summed E-state index contributed by atoms with van der Waals surface area (Å²) in [7, 11) is -3.87. The highest BCUT2D eigenvalue weighted by molar-refractivity contribution is 7.92. The van der Waals surface area contributed by atoms with Gasteiger partial charge in [-0.3, -0.25) is 14.3 Å². The first-order valence-electron chi connectivity index (χ1n) is 10.7. The van der Waals surface area contributed by atoms with Crippen LogP contribution in [0.1, 0.15) is 41.6 Å². The van der Waals surface area contributed by atoms with Gasteiger partial charge in [0.05, 0.1) is 4.90 Å². The fourth-order valence-corrected chi connectivity index (χ4v) is 4.90. The van der Waals surface area contributed by atoms with Crippen molar-refractivity contribution in [1.29, 1.82) is 0 Å². The van der Waals surface area contributed by atoms with Crippen molar-refractivity contribution in [3.05, 3.63) is 59.4 Å². The molecule has 9 heteroatoms. The third kappa shape index (κ3) is 5.09. The van der Waals surface area contributed by atoms with Crippen LogP contribution in [-0.2, 0) is 14.8 Å². The Labute approximate surface area is 187 Å².